The van der Waals surface area contributed by atoms with Crippen LogP contribution in [0.2, 0.25) is 0 Å². The fraction of sp³-hybridized carbons (Fsp3) is 0.318. The SMILES string of the molecule is C[C@H](NC(=O)OC(C)(C)C)c1nc2cccc(S(C)(=O)=O)c2c(=O)n1-c1cc(F)cc(F)c1. The Morgan fingerprint density at radius 1 is 1.15 bits per heavy atom. The Bertz CT molecular complexity index is 1390. The van der Waals surface area contributed by atoms with Gasteiger partial charge in [-0.25, -0.2) is 27.0 Å². The normalized spacial score (nSPS) is 13.1. The number of alkyl carbamates (subject to hydrolysis) is 1. The van der Waals surface area contributed by atoms with Gasteiger partial charge in [0.2, 0.25) is 0 Å². The van der Waals surface area contributed by atoms with Crippen molar-refractivity contribution in [1.82, 2.24) is 14.9 Å². The van der Waals surface area contributed by atoms with Crippen LogP contribution in [0.15, 0.2) is 46.1 Å². The van der Waals surface area contributed by atoms with Crippen molar-refractivity contribution in [3.63, 3.8) is 0 Å². The second-order valence-corrected chi connectivity index (χ2v) is 10.5. The maximum absolute atomic E-state index is 14.0. The fourth-order valence-corrected chi connectivity index (χ4v) is 4.17. The molecule has 0 aliphatic carbocycles. The molecule has 176 valence electrons. The van der Waals surface area contributed by atoms with Gasteiger partial charge in [-0.3, -0.25) is 9.36 Å². The third-order valence-electron chi connectivity index (χ3n) is 4.51. The number of aromatic nitrogens is 2. The number of hydrogen-bond donors (Lipinski definition) is 1. The molecular weight excluding hydrogens is 456 g/mol. The molecule has 33 heavy (non-hydrogen) atoms. The maximum Gasteiger partial charge on any atom is 0.408 e. The Balaban J connectivity index is 2.32. The highest BCUT2D eigenvalue weighted by Gasteiger charge is 2.25. The molecule has 3 aromatic rings. The quantitative estimate of drug-likeness (QED) is 0.612. The Morgan fingerprint density at radius 2 is 1.76 bits per heavy atom. The molecule has 2 aromatic carbocycles. The van der Waals surface area contributed by atoms with Crippen molar-refractivity contribution in [1.29, 1.82) is 0 Å². The van der Waals surface area contributed by atoms with Crippen molar-refractivity contribution in [2.45, 2.75) is 44.2 Å². The number of fused-ring (bicyclic) bond motifs is 1. The number of carbonyl (C=O) groups is 1. The average molecular weight is 480 g/mol. The Kier molecular flexibility index (Phi) is 6.29. The molecule has 0 aliphatic heterocycles. The lowest BCUT2D eigenvalue weighted by Gasteiger charge is -2.23. The highest BCUT2D eigenvalue weighted by atomic mass is 32.2. The summed E-state index contributed by atoms with van der Waals surface area (Å²) < 4.78 is 58.7. The van der Waals surface area contributed by atoms with Crippen molar-refractivity contribution in [2.75, 3.05) is 6.26 Å². The van der Waals surface area contributed by atoms with Crippen LogP contribution >= 0.6 is 0 Å². The third-order valence-corrected chi connectivity index (χ3v) is 5.65. The number of halogens is 2. The minimum Gasteiger partial charge on any atom is -0.444 e. The van der Waals surface area contributed by atoms with Gasteiger partial charge < -0.3 is 10.1 Å². The molecule has 1 atom stereocenters. The first kappa shape index (κ1) is 24.3. The van der Waals surface area contributed by atoms with Crippen LogP contribution in [0.25, 0.3) is 16.6 Å². The van der Waals surface area contributed by atoms with Gasteiger partial charge in [0.25, 0.3) is 5.56 Å². The summed E-state index contributed by atoms with van der Waals surface area (Å²) in [5.41, 5.74) is -1.83. The number of benzene rings is 2. The third kappa shape index (κ3) is 5.36. The van der Waals surface area contributed by atoms with E-state index >= 15 is 0 Å². The topological polar surface area (TPSA) is 107 Å². The van der Waals surface area contributed by atoms with E-state index in [9.17, 15) is 26.8 Å². The Labute approximate surface area is 189 Å². The Morgan fingerprint density at radius 3 is 2.30 bits per heavy atom. The predicted octanol–water partition coefficient (Wildman–Crippen LogP) is 3.65. The maximum atomic E-state index is 14.0. The van der Waals surface area contributed by atoms with E-state index in [1.807, 2.05) is 0 Å². The van der Waals surface area contributed by atoms with Crippen LogP contribution in [0, 0.1) is 11.6 Å². The van der Waals surface area contributed by atoms with Crippen molar-refractivity contribution < 1.29 is 26.7 Å². The molecule has 1 heterocycles. The van der Waals surface area contributed by atoms with Gasteiger partial charge in [-0.05, 0) is 52.0 Å². The first-order valence-electron chi connectivity index (χ1n) is 9.89. The van der Waals surface area contributed by atoms with Crippen molar-refractivity contribution in [2.24, 2.45) is 0 Å². The van der Waals surface area contributed by atoms with E-state index in [0.717, 1.165) is 23.0 Å². The number of carbonyl (C=O) groups excluding carboxylic acids is 1. The lowest BCUT2D eigenvalue weighted by atomic mass is 10.2. The second kappa shape index (κ2) is 8.54. The zero-order chi connectivity index (χ0) is 24.7. The van der Waals surface area contributed by atoms with Crippen LogP contribution < -0.4 is 10.9 Å². The molecular formula is C22H23F2N3O5S. The molecule has 0 unspecified atom stereocenters. The van der Waals surface area contributed by atoms with E-state index in [2.05, 4.69) is 10.3 Å². The minimum atomic E-state index is -3.83. The molecule has 0 aliphatic rings. The number of hydrogen-bond acceptors (Lipinski definition) is 6. The summed E-state index contributed by atoms with van der Waals surface area (Å²) in [7, 11) is -3.83. The van der Waals surface area contributed by atoms with Crippen LogP contribution in [0.1, 0.15) is 39.6 Å². The van der Waals surface area contributed by atoms with Gasteiger partial charge >= 0.3 is 6.09 Å². The van der Waals surface area contributed by atoms with E-state index in [4.69, 9.17) is 4.74 Å². The molecule has 1 N–H and O–H groups in total. The van der Waals surface area contributed by atoms with Crippen molar-refractivity contribution in [3.8, 4) is 5.69 Å². The van der Waals surface area contributed by atoms with Crippen LogP contribution in [-0.4, -0.2) is 35.9 Å². The van der Waals surface area contributed by atoms with Crippen molar-refractivity contribution >= 4 is 26.8 Å². The summed E-state index contributed by atoms with van der Waals surface area (Å²) in [6, 6.07) is 5.60. The molecule has 0 saturated carbocycles. The number of sulfone groups is 1. The van der Waals surface area contributed by atoms with Gasteiger partial charge in [0.05, 0.1) is 27.5 Å². The summed E-state index contributed by atoms with van der Waals surface area (Å²) in [5, 5.41) is 2.30. The summed E-state index contributed by atoms with van der Waals surface area (Å²) in [5.74, 6) is -1.98. The number of nitrogens with one attached hydrogen (secondary N) is 1. The van der Waals surface area contributed by atoms with Crippen molar-refractivity contribution in [3.05, 3.63) is 64.2 Å². The zero-order valence-corrected chi connectivity index (χ0v) is 19.5. The smallest absolute Gasteiger partial charge is 0.408 e. The van der Waals surface area contributed by atoms with E-state index in [-0.39, 0.29) is 27.3 Å². The van der Waals surface area contributed by atoms with E-state index < -0.39 is 44.8 Å². The van der Waals surface area contributed by atoms with Gasteiger partial charge in [-0.1, -0.05) is 6.07 Å². The molecule has 0 bridgehead atoms. The summed E-state index contributed by atoms with van der Waals surface area (Å²) in [6.45, 7) is 6.52. The van der Waals surface area contributed by atoms with Gasteiger partial charge in [0.1, 0.15) is 23.1 Å². The predicted molar refractivity (Wildman–Crippen MR) is 118 cm³/mol. The standard InChI is InChI=1S/C22H23F2N3O5S/c1-12(25-21(29)32-22(2,3)4)19-26-16-7-6-8-17(33(5,30)31)18(16)20(28)27(19)15-10-13(23)9-14(24)11-15/h6-12H,1-5H3,(H,25,29)/t12-/m0/s1. The van der Waals surface area contributed by atoms with Gasteiger partial charge in [0.15, 0.2) is 9.84 Å². The second-order valence-electron chi connectivity index (χ2n) is 8.53. The first-order chi connectivity index (χ1) is 15.2. The lowest BCUT2D eigenvalue weighted by Crippen LogP contribution is -2.37. The molecule has 11 heteroatoms. The van der Waals surface area contributed by atoms with E-state index in [1.54, 1.807) is 20.8 Å². The number of ether oxygens (including phenoxy) is 1. The minimum absolute atomic E-state index is 0.0453. The lowest BCUT2D eigenvalue weighted by molar-refractivity contribution is 0.0505. The molecule has 8 nitrogen and oxygen atoms in total. The van der Waals surface area contributed by atoms with Crippen LogP contribution in [0.3, 0.4) is 0 Å². The zero-order valence-electron chi connectivity index (χ0n) is 18.6. The largest absolute Gasteiger partial charge is 0.444 e. The molecule has 0 spiro atoms. The molecule has 3 rings (SSSR count). The monoisotopic (exact) mass is 479 g/mol. The average Bonchev–Trinajstić information content (AvgIpc) is 2.64. The summed E-state index contributed by atoms with van der Waals surface area (Å²) in [4.78, 5) is 29.9. The first-order valence-corrected chi connectivity index (χ1v) is 11.8. The highest BCUT2D eigenvalue weighted by Crippen LogP contribution is 2.24. The van der Waals surface area contributed by atoms with Crippen LogP contribution in [0.4, 0.5) is 13.6 Å². The molecule has 0 radical (unpaired) electrons. The molecule has 1 aromatic heterocycles. The van der Waals surface area contributed by atoms with E-state index in [0.29, 0.717) is 6.07 Å². The fourth-order valence-electron chi connectivity index (χ4n) is 3.28. The van der Waals surface area contributed by atoms with Gasteiger partial charge in [-0.15, -0.1) is 0 Å². The molecule has 0 fully saturated rings. The van der Waals surface area contributed by atoms with Gasteiger partial charge in [0, 0.05) is 12.3 Å². The van der Waals surface area contributed by atoms with Gasteiger partial charge in [-0.2, -0.15) is 0 Å². The Hall–Kier alpha value is -3.34. The summed E-state index contributed by atoms with van der Waals surface area (Å²) >= 11 is 0. The van der Waals surface area contributed by atoms with Crippen LogP contribution in [0.5, 0.6) is 0 Å². The number of amides is 1. The number of rotatable bonds is 4. The highest BCUT2D eigenvalue weighted by molar-refractivity contribution is 7.91. The molecule has 0 saturated heterocycles. The number of nitrogens with zero attached hydrogens (tertiary/aromatic N) is 2. The summed E-state index contributed by atoms with van der Waals surface area (Å²) in [6.07, 6.45) is 0.139. The molecule has 1 amide bonds. The van der Waals surface area contributed by atoms with Crippen LogP contribution in [-0.2, 0) is 14.6 Å². The van der Waals surface area contributed by atoms with E-state index in [1.165, 1.54) is 25.1 Å².